The van der Waals surface area contributed by atoms with Crippen LogP contribution in [0.25, 0.3) is 0 Å². The van der Waals surface area contributed by atoms with Crippen LogP contribution in [-0.4, -0.2) is 37.9 Å². The standard InChI is InChI=1S/C14H25NO3/c1-2-18-14(16)13(15-12-5-6-12)8-10-17-9-7-11-3-4-11/h11-13,15H,2-10H2,1H3. The van der Waals surface area contributed by atoms with Crippen LogP contribution in [-0.2, 0) is 14.3 Å². The van der Waals surface area contributed by atoms with Crippen LogP contribution < -0.4 is 5.32 Å². The lowest BCUT2D eigenvalue weighted by molar-refractivity contribution is -0.146. The molecule has 0 aromatic heterocycles. The molecule has 4 heteroatoms. The number of ether oxygens (including phenoxy) is 2. The van der Waals surface area contributed by atoms with E-state index in [1.54, 1.807) is 0 Å². The average molecular weight is 255 g/mol. The Morgan fingerprint density at radius 3 is 2.67 bits per heavy atom. The lowest BCUT2D eigenvalue weighted by Gasteiger charge is -2.16. The summed E-state index contributed by atoms with van der Waals surface area (Å²) < 4.78 is 10.7. The first-order valence-corrected chi connectivity index (χ1v) is 7.30. The summed E-state index contributed by atoms with van der Waals surface area (Å²) >= 11 is 0. The van der Waals surface area contributed by atoms with Gasteiger partial charge in [0.2, 0.25) is 0 Å². The molecule has 2 rings (SSSR count). The fourth-order valence-corrected chi connectivity index (χ4v) is 2.01. The zero-order chi connectivity index (χ0) is 12.8. The second-order valence-electron chi connectivity index (χ2n) is 5.38. The van der Waals surface area contributed by atoms with Crippen LogP contribution in [0.4, 0.5) is 0 Å². The molecule has 0 heterocycles. The highest BCUT2D eigenvalue weighted by Gasteiger charge is 2.29. The van der Waals surface area contributed by atoms with Gasteiger partial charge < -0.3 is 14.8 Å². The summed E-state index contributed by atoms with van der Waals surface area (Å²) in [6, 6.07) is 0.337. The maximum absolute atomic E-state index is 11.7. The van der Waals surface area contributed by atoms with Crippen LogP contribution in [0.2, 0.25) is 0 Å². The number of rotatable bonds is 10. The molecule has 0 radical (unpaired) electrons. The van der Waals surface area contributed by atoms with Crippen LogP contribution in [0, 0.1) is 5.92 Å². The summed E-state index contributed by atoms with van der Waals surface area (Å²) in [5.41, 5.74) is 0. The molecule has 0 amide bonds. The van der Waals surface area contributed by atoms with E-state index in [1.807, 2.05) is 6.92 Å². The summed E-state index contributed by atoms with van der Waals surface area (Å²) in [6.45, 7) is 3.78. The van der Waals surface area contributed by atoms with E-state index in [0.29, 0.717) is 19.3 Å². The van der Waals surface area contributed by atoms with Crippen molar-refractivity contribution in [3.63, 3.8) is 0 Å². The van der Waals surface area contributed by atoms with E-state index in [9.17, 15) is 4.79 Å². The Morgan fingerprint density at radius 2 is 2.06 bits per heavy atom. The van der Waals surface area contributed by atoms with Crippen LogP contribution >= 0.6 is 0 Å². The second-order valence-corrected chi connectivity index (χ2v) is 5.38. The van der Waals surface area contributed by atoms with Gasteiger partial charge in [-0.25, -0.2) is 0 Å². The van der Waals surface area contributed by atoms with Crippen molar-refractivity contribution in [2.24, 2.45) is 5.92 Å². The van der Waals surface area contributed by atoms with Crippen molar-refractivity contribution < 1.29 is 14.3 Å². The fraction of sp³-hybridized carbons (Fsp3) is 0.929. The first-order chi connectivity index (χ1) is 8.79. The van der Waals surface area contributed by atoms with Crippen molar-refractivity contribution in [1.29, 1.82) is 0 Å². The van der Waals surface area contributed by atoms with Crippen LogP contribution in [0.15, 0.2) is 0 Å². The number of hydrogen-bond acceptors (Lipinski definition) is 4. The zero-order valence-electron chi connectivity index (χ0n) is 11.3. The third-order valence-corrected chi connectivity index (χ3v) is 3.50. The van der Waals surface area contributed by atoms with Crippen molar-refractivity contribution in [1.82, 2.24) is 5.32 Å². The highest BCUT2D eigenvalue weighted by atomic mass is 16.5. The maximum atomic E-state index is 11.7. The molecular formula is C14H25NO3. The van der Waals surface area contributed by atoms with Crippen molar-refractivity contribution in [3.05, 3.63) is 0 Å². The molecule has 0 aliphatic heterocycles. The zero-order valence-corrected chi connectivity index (χ0v) is 11.3. The second kappa shape index (κ2) is 7.10. The fourth-order valence-electron chi connectivity index (χ4n) is 2.01. The number of nitrogens with one attached hydrogen (secondary N) is 1. The molecule has 0 aromatic rings. The molecule has 1 unspecified atom stereocenters. The molecule has 1 N–H and O–H groups in total. The van der Waals surface area contributed by atoms with E-state index >= 15 is 0 Å². The minimum Gasteiger partial charge on any atom is -0.465 e. The van der Waals surface area contributed by atoms with Gasteiger partial charge in [0, 0.05) is 19.3 Å². The monoisotopic (exact) mass is 255 g/mol. The first kappa shape index (κ1) is 13.8. The molecule has 0 bridgehead atoms. The van der Waals surface area contributed by atoms with Gasteiger partial charge in [-0.15, -0.1) is 0 Å². The van der Waals surface area contributed by atoms with Gasteiger partial charge in [0.15, 0.2) is 0 Å². The first-order valence-electron chi connectivity index (χ1n) is 7.30. The third-order valence-electron chi connectivity index (χ3n) is 3.50. The van der Waals surface area contributed by atoms with Crippen LogP contribution in [0.5, 0.6) is 0 Å². The lowest BCUT2D eigenvalue weighted by Crippen LogP contribution is -2.40. The van der Waals surface area contributed by atoms with E-state index in [4.69, 9.17) is 9.47 Å². The van der Waals surface area contributed by atoms with Gasteiger partial charge in [0.1, 0.15) is 6.04 Å². The molecule has 1 atom stereocenters. The largest absolute Gasteiger partial charge is 0.465 e. The highest BCUT2D eigenvalue weighted by Crippen LogP contribution is 2.32. The summed E-state index contributed by atoms with van der Waals surface area (Å²) in [6.07, 6.45) is 7.01. The topological polar surface area (TPSA) is 47.6 Å². The van der Waals surface area contributed by atoms with Crippen LogP contribution in [0.3, 0.4) is 0 Å². The Kier molecular flexibility index (Phi) is 5.45. The van der Waals surface area contributed by atoms with E-state index in [-0.39, 0.29) is 12.0 Å². The molecule has 2 saturated carbocycles. The van der Waals surface area contributed by atoms with Gasteiger partial charge in [-0.2, -0.15) is 0 Å². The quantitative estimate of drug-likeness (QED) is 0.478. The van der Waals surface area contributed by atoms with E-state index < -0.39 is 0 Å². The molecule has 104 valence electrons. The summed E-state index contributed by atoms with van der Waals surface area (Å²) in [5.74, 6) is 0.783. The number of esters is 1. The van der Waals surface area contributed by atoms with E-state index in [2.05, 4.69) is 5.32 Å². The minimum atomic E-state index is -0.182. The summed E-state index contributed by atoms with van der Waals surface area (Å²) in [4.78, 5) is 11.7. The highest BCUT2D eigenvalue weighted by molar-refractivity contribution is 5.75. The Bertz CT molecular complexity index is 262. The lowest BCUT2D eigenvalue weighted by atomic mass is 10.2. The molecule has 4 nitrogen and oxygen atoms in total. The molecule has 0 saturated heterocycles. The Labute approximate surface area is 109 Å². The molecule has 18 heavy (non-hydrogen) atoms. The Balaban J connectivity index is 1.58. The molecule has 2 aliphatic carbocycles. The molecule has 2 fully saturated rings. The molecular weight excluding hydrogens is 230 g/mol. The van der Waals surface area contributed by atoms with Crippen LogP contribution in [0.1, 0.15) is 45.4 Å². The SMILES string of the molecule is CCOC(=O)C(CCOCCC1CC1)NC1CC1. The van der Waals surface area contributed by atoms with Gasteiger partial charge >= 0.3 is 5.97 Å². The van der Waals surface area contributed by atoms with Crippen molar-refractivity contribution in [2.45, 2.75) is 57.5 Å². The van der Waals surface area contributed by atoms with E-state index in [0.717, 1.165) is 18.9 Å². The van der Waals surface area contributed by atoms with Gasteiger partial charge in [-0.1, -0.05) is 12.8 Å². The van der Waals surface area contributed by atoms with E-state index in [1.165, 1.54) is 32.1 Å². The van der Waals surface area contributed by atoms with Crippen molar-refractivity contribution >= 4 is 5.97 Å². The average Bonchev–Trinajstić information content (AvgIpc) is 3.22. The predicted octanol–water partition coefficient (Wildman–Crippen LogP) is 1.88. The van der Waals surface area contributed by atoms with Gasteiger partial charge in [-0.05, 0) is 38.5 Å². The maximum Gasteiger partial charge on any atom is 0.323 e. The van der Waals surface area contributed by atoms with Gasteiger partial charge in [0.25, 0.3) is 0 Å². The molecule has 0 aromatic carbocycles. The number of hydrogen-bond donors (Lipinski definition) is 1. The third kappa shape index (κ3) is 5.36. The Hall–Kier alpha value is -0.610. The number of carbonyl (C=O) groups is 1. The smallest absolute Gasteiger partial charge is 0.323 e. The summed E-state index contributed by atoms with van der Waals surface area (Å²) in [5, 5.41) is 3.33. The predicted molar refractivity (Wildman–Crippen MR) is 69.4 cm³/mol. The summed E-state index contributed by atoms with van der Waals surface area (Å²) in [7, 11) is 0. The molecule has 2 aliphatic rings. The Morgan fingerprint density at radius 1 is 1.28 bits per heavy atom. The van der Waals surface area contributed by atoms with Crippen molar-refractivity contribution in [2.75, 3.05) is 19.8 Å². The molecule has 0 spiro atoms. The minimum absolute atomic E-state index is 0.129. The number of carbonyl (C=O) groups excluding carboxylic acids is 1. The van der Waals surface area contributed by atoms with Gasteiger partial charge in [-0.3, -0.25) is 4.79 Å². The van der Waals surface area contributed by atoms with Gasteiger partial charge in [0.05, 0.1) is 6.61 Å². The normalized spacial score (nSPS) is 20.7. The van der Waals surface area contributed by atoms with Crippen molar-refractivity contribution in [3.8, 4) is 0 Å².